The smallest absolute Gasteiger partial charge is 0.445 e. The molecule has 0 aliphatic carbocycles. The van der Waals surface area contributed by atoms with Crippen molar-refractivity contribution in [2.45, 2.75) is 17.9 Å². The van der Waals surface area contributed by atoms with Crippen LogP contribution in [0.25, 0.3) is 0 Å². The van der Waals surface area contributed by atoms with Gasteiger partial charge in [0, 0.05) is 48.5 Å². The van der Waals surface area contributed by atoms with Crippen LogP contribution in [0.15, 0.2) is 53.4 Å². The third-order valence-electron chi connectivity index (χ3n) is 5.79. The highest BCUT2D eigenvalue weighted by molar-refractivity contribution is 7.97. The van der Waals surface area contributed by atoms with Gasteiger partial charge in [-0.3, -0.25) is 9.93 Å². The van der Waals surface area contributed by atoms with E-state index >= 15 is 0 Å². The van der Waals surface area contributed by atoms with Crippen molar-refractivity contribution in [2.24, 2.45) is 17.0 Å². The summed E-state index contributed by atoms with van der Waals surface area (Å²) in [5.74, 6) is -0.0124. The Kier molecular flexibility index (Phi) is 6.71. The first-order valence-corrected chi connectivity index (χ1v) is 11.1. The second-order valence-electron chi connectivity index (χ2n) is 8.02. The second-order valence-corrected chi connectivity index (χ2v) is 8.73. The largest absolute Gasteiger partial charge is 0.573 e. The molecular weight excluding hydrogens is 459 g/mol. The number of likely N-dealkylation sites (tertiary alicyclic amines) is 2. The molecule has 33 heavy (non-hydrogen) atoms. The van der Waals surface area contributed by atoms with E-state index in [9.17, 15) is 22.8 Å². The van der Waals surface area contributed by atoms with Gasteiger partial charge in [-0.1, -0.05) is 12.1 Å². The number of fused-ring (bicyclic) bond motifs is 1. The average Bonchev–Trinajstić information content (AvgIpc) is 3.36. The third kappa shape index (κ3) is 5.72. The van der Waals surface area contributed by atoms with E-state index in [2.05, 4.69) is 4.74 Å². The van der Waals surface area contributed by atoms with Gasteiger partial charge < -0.3 is 19.3 Å². The number of hydrogen-bond acceptors (Lipinski definition) is 6. The second kappa shape index (κ2) is 9.52. The van der Waals surface area contributed by atoms with Crippen molar-refractivity contribution in [1.29, 1.82) is 0 Å². The molecule has 4 rings (SSSR count). The molecule has 176 valence electrons. The summed E-state index contributed by atoms with van der Waals surface area (Å²) in [6.45, 7) is 2.07. The van der Waals surface area contributed by atoms with Gasteiger partial charge in [-0.05, 0) is 53.9 Å². The number of hydrogen-bond donors (Lipinski definition) is 1. The van der Waals surface area contributed by atoms with Crippen LogP contribution < -0.4 is 9.88 Å². The Morgan fingerprint density at radius 3 is 2.06 bits per heavy atom. The summed E-state index contributed by atoms with van der Waals surface area (Å²) in [5.41, 5.74) is 1.16. The number of benzene rings is 2. The Balaban J connectivity index is 1.24. The zero-order chi connectivity index (χ0) is 23.6. The molecule has 7 nitrogen and oxygen atoms in total. The summed E-state index contributed by atoms with van der Waals surface area (Å²) in [4.78, 5) is 29.5. The Morgan fingerprint density at radius 2 is 1.52 bits per heavy atom. The molecule has 0 saturated carbocycles. The number of nitrogens with two attached hydrogens (primary N) is 1. The number of amides is 2. The van der Waals surface area contributed by atoms with Crippen LogP contribution in [-0.2, 0) is 11.3 Å². The summed E-state index contributed by atoms with van der Waals surface area (Å²) in [7, 11) is 0. The molecule has 0 aromatic heterocycles. The van der Waals surface area contributed by atoms with Crippen molar-refractivity contribution in [1.82, 2.24) is 9.80 Å². The lowest BCUT2D eigenvalue weighted by Gasteiger charge is -2.21. The molecule has 0 bridgehead atoms. The lowest BCUT2D eigenvalue weighted by molar-refractivity contribution is -0.274. The number of carbonyl (C=O) groups is 2. The number of rotatable bonds is 5. The van der Waals surface area contributed by atoms with Crippen molar-refractivity contribution in [3.63, 3.8) is 0 Å². The fraction of sp³-hybridized carbons (Fsp3) is 0.364. The van der Waals surface area contributed by atoms with Crippen LogP contribution >= 0.6 is 11.9 Å². The van der Waals surface area contributed by atoms with E-state index in [1.54, 1.807) is 17.0 Å². The van der Waals surface area contributed by atoms with Crippen LogP contribution in [0.5, 0.6) is 5.75 Å². The van der Waals surface area contributed by atoms with Gasteiger partial charge in [-0.25, -0.2) is 4.79 Å². The van der Waals surface area contributed by atoms with E-state index in [1.165, 1.54) is 24.3 Å². The van der Waals surface area contributed by atoms with E-state index in [0.717, 1.165) is 16.8 Å². The first kappa shape index (κ1) is 23.2. The van der Waals surface area contributed by atoms with Gasteiger partial charge in [0.1, 0.15) is 12.4 Å². The van der Waals surface area contributed by atoms with Crippen molar-refractivity contribution < 1.29 is 32.2 Å². The van der Waals surface area contributed by atoms with Gasteiger partial charge in [-0.2, -0.15) is 0 Å². The minimum Gasteiger partial charge on any atom is -0.445 e. The van der Waals surface area contributed by atoms with E-state index in [1.807, 2.05) is 17.0 Å². The minimum atomic E-state index is -4.75. The van der Waals surface area contributed by atoms with Crippen molar-refractivity contribution in [3.05, 3.63) is 59.7 Å². The maximum absolute atomic E-state index is 12.8. The van der Waals surface area contributed by atoms with E-state index in [-0.39, 0.29) is 30.1 Å². The summed E-state index contributed by atoms with van der Waals surface area (Å²) in [5, 5.41) is 5.51. The highest BCUT2D eigenvalue weighted by atomic mass is 32.2. The molecule has 2 aliphatic rings. The topological polar surface area (TPSA) is 85.1 Å². The fourth-order valence-electron chi connectivity index (χ4n) is 4.19. The van der Waals surface area contributed by atoms with Crippen molar-refractivity contribution in [2.75, 3.05) is 26.2 Å². The molecule has 2 amide bonds. The molecule has 2 aromatic rings. The highest BCUT2D eigenvalue weighted by Crippen LogP contribution is 2.32. The standard InChI is InChI=1S/C22H22F3N3O4S/c23-22(24,25)32-18-5-1-14(2-6-18)13-31-21(30)28-11-16-9-27(10-17(16)12-28)20(29)15-3-7-19(33-26)8-4-15/h1-8,16-17H,9-13,26H2. The molecular formula is C22H22F3N3O4S. The third-order valence-corrected chi connectivity index (χ3v) is 6.33. The van der Waals surface area contributed by atoms with Gasteiger partial charge in [0.05, 0.1) is 0 Å². The number of nitrogens with zero attached hydrogens (tertiary/aromatic N) is 2. The zero-order valence-electron chi connectivity index (χ0n) is 17.5. The number of alkyl halides is 3. The predicted molar refractivity (Wildman–Crippen MR) is 114 cm³/mol. The van der Waals surface area contributed by atoms with Crippen molar-refractivity contribution >= 4 is 23.9 Å². The first-order valence-electron chi connectivity index (χ1n) is 10.2. The monoisotopic (exact) mass is 481 g/mol. The number of carbonyl (C=O) groups excluding carboxylic acids is 2. The SMILES string of the molecule is NSc1ccc(C(=O)N2CC3CN(C(=O)OCc4ccc(OC(F)(F)F)cc4)CC3C2)cc1. The molecule has 2 fully saturated rings. The van der Waals surface area contributed by atoms with Crippen LogP contribution in [0.3, 0.4) is 0 Å². The zero-order valence-corrected chi connectivity index (χ0v) is 18.3. The summed E-state index contributed by atoms with van der Waals surface area (Å²) >= 11 is 1.12. The predicted octanol–water partition coefficient (Wildman–Crippen LogP) is 3.89. The molecule has 0 radical (unpaired) electrons. The van der Waals surface area contributed by atoms with Gasteiger partial charge in [-0.15, -0.1) is 13.2 Å². The van der Waals surface area contributed by atoms with Crippen LogP contribution in [0.4, 0.5) is 18.0 Å². The van der Waals surface area contributed by atoms with E-state index in [4.69, 9.17) is 9.88 Å². The molecule has 0 spiro atoms. The lowest BCUT2D eigenvalue weighted by atomic mass is 10.0. The molecule has 2 N–H and O–H groups in total. The molecule has 11 heteroatoms. The van der Waals surface area contributed by atoms with Gasteiger partial charge in [0.2, 0.25) is 0 Å². The first-order chi connectivity index (χ1) is 15.7. The van der Waals surface area contributed by atoms with Crippen LogP contribution in [0.2, 0.25) is 0 Å². The molecule has 2 saturated heterocycles. The van der Waals surface area contributed by atoms with E-state index in [0.29, 0.717) is 37.3 Å². The Bertz CT molecular complexity index is 987. The molecule has 2 unspecified atom stereocenters. The molecule has 2 aliphatic heterocycles. The van der Waals surface area contributed by atoms with Gasteiger partial charge in [0.25, 0.3) is 5.91 Å². The summed E-state index contributed by atoms with van der Waals surface area (Å²) < 4.78 is 45.8. The van der Waals surface area contributed by atoms with E-state index < -0.39 is 12.5 Å². The maximum Gasteiger partial charge on any atom is 0.573 e. The highest BCUT2D eigenvalue weighted by Gasteiger charge is 2.43. The van der Waals surface area contributed by atoms with Crippen LogP contribution in [0, 0.1) is 11.8 Å². The summed E-state index contributed by atoms with van der Waals surface area (Å²) in [6, 6.07) is 12.3. The van der Waals surface area contributed by atoms with Crippen molar-refractivity contribution in [3.8, 4) is 5.75 Å². The Hall–Kier alpha value is -2.92. The Morgan fingerprint density at radius 1 is 0.939 bits per heavy atom. The van der Waals surface area contributed by atoms with Gasteiger partial charge >= 0.3 is 12.5 Å². The Labute approximate surface area is 192 Å². The quantitative estimate of drug-likeness (QED) is 0.653. The molecule has 2 atom stereocenters. The molecule has 2 aromatic carbocycles. The van der Waals surface area contributed by atoms with Crippen LogP contribution in [0.1, 0.15) is 15.9 Å². The van der Waals surface area contributed by atoms with Gasteiger partial charge in [0.15, 0.2) is 0 Å². The average molecular weight is 481 g/mol. The molecule has 2 heterocycles. The number of ether oxygens (including phenoxy) is 2. The van der Waals surface area contributed by atoms with Crippen LogP contribution in [-0.4, -0.2) is 54.3 Å². The lowest BCUT2D eigenvalue weighted by Crippen LogP contribution is -2.35. The fourth-order valence-corrected chi connectivity index (χ4v) is 4.48. The maximum atomic E-state index is 12.8. The summed E-state index contributed by atoms with van der Waals surface area (Å²) in [6.07, 6.45) is -5.23. The minimum absolute atomic E-state index is 0.0370. The normalized spacial score (nSPS) is 20.0. The number of halogens is 3.